The lowest BCUT2D eigenvalue weighted by atomic mass is 10.3. The molecule has 1 saturated heterocycles. The molecule has 8 nitrogen and oxygen atoms in total. The van der Waals surface area contributed by atoms with Crippen molar-refractivity contribution in [1.82, 2.24) is 24.5 Å². The van der Waals surface area contributed by atoms with E-state index in [0.29, 0.717) is 6.54 Å². The largest absolute Gasteiger partial charge is 0.335 e. The smallest absolute Gasteiger partial charge is 0.284 e. The first-order valence-electron chi connectivity index (χ1n) is 7.96. The number of benzene rings is 1. The third-order valence-electron chi connectivity index (χ3n) is 3.94. The molecule has 0 radical (unpaired) electrons. The van der Waals surface area contributed by atoms with Gasteiger partial charge in [0, 0.05) is 24.8 Å². The summed E-state index contributed by atoms with van der Waals surface area (Å²) in [6.07, 6.45) is 3.63. The molecule has 0 aliphatic carbocycles. The van der Waals surface area contributed by atoms with Crippen LogP contribution in [0.2, 0.25) is 0 Å². The summed E-state index contributed by atoms with van der Waals surface area (Å²) in [7, 11) is 1.78. The van der Waals surface area contributed by atoms with Crippen molar-refractivity contribution in [2.24, 2.45) is 0 Å². The van der Waals surface area contributed by atoms with Crippen LogP contribution in [0.15, 0.2) is 42.7 Å². The lowest BCUT2D eigenvalue weighted by Gasteiger charge is -2.21. The van der Waals surface area contributed by atoms with Crippen LogP contribution in [0.5, 0.6) is 0 Å². The van der Waals surface area contributed by atoms with E-state index in [1.54, 1.807) is 29.7 Å². The van der Waals surface area contributed by atoms with Crippen LogP contribution in [0.4, 0.5) is 4.79 Å². The van der Waals surface area contributed by atoms with Gasteiger partial charge < -0.3 is 0 Å². The Bertz CT molecular complexity index is 802. The molecule has 3 rings (SSSR count). The molecule has 130 valence electrons. The van der Waals surface area contributed by atoms with Gasteiger partial charge in [-0.15, -0.1) is 0 Å². The van der Waals surface area contributed by atoms with Crippen LogP contribution in [0, 0.1) is 0 Å². The van der Waals surface area contributed by atoms with Gasteiger partial charge in [-0.05, 0) is 26.1 Å². The van der Waals surface area contributed by atoms with Crippen molar-refractivity contribution < 1.29 is 14.4 Å². The van der Waals surface area contributed by atoms with Gasteiger partial charge in [0.1, 0.15) is 0 Å². The highest BCUT2D eigenvalue weighted by atomic mass is 16.2. The molecule has 0 spiro atoms. The van der Waals surface area contributed by atoms with Crippen LogP contribution in [0.1, 0.15) is 12.5 Å². The number of imide groups is 2. The normalized spacial score (nSPS) is 14.9. The Labute approximate surface area is 145 Å². The summed E-state index contributed by atoms with van der Waals surface area (Å²) >= 11 is 0. The van der Waals surface area contributed by atoms with Crippen molar-refractivity contribution in [3.63, 3.8) is 0 Å². The first-order chi connectivity index (χ1) is 12.0. The maximum absolute atomic E-state index is 12.1. The van der Waals surface area contributed by atoms with Gasteiger partial charge >= 0.3 is 17.8 Å². The highest BCUT2D eigenvalue weighted by Gasteiger charge is 2.43. The molecule has 4 amide bonds. The number of rotatable bonds is 6. The average Bonchev–Trinajstić information content (AvgIpc) is 3.15. The number of carbonyl (C=O) groups is 3. The van der Waals surface area contributed by atoms with Crippen LogP contribution in [-0.2, 0) is 16.1 Å². The Hall–Kier alpha value is -3.00. The van der Waals surface area contributed by atoms with Gasteiger partial charge in [0.15, 0.2) is 0 Å². The maximum atomic E-state index is 12.1. The van der Waals surface area contributed by atoms with Crippen LogP contribution in [-0.4, -0.2) is 62.6 Å². The fourth-order valence-corrected chi connectivity index (χ4v) is 2.72. The number of urea groups is 1. The summed E-state index contributed by atoms with van der Waals surface area (Å²) in [5.41, 5.74) is 1.88. The fraction of sp³-hybridized carbons (Fsp3) is 0.294. The Balaban J connectivity index is 1.65. The summed E-state index contributed by atoms with van der Waals surface area (Å²) in [5.74, 6) is -1.54. The van der Waals surface area contributed by atoms with Gasteiger partial charge in [0.25, 0.3) is 0 Å². The topological polar surface area (TPSA) is 78.8 Å². The number of aromatic nitrogens is 2. The molecule has 2 aromatic rings. The SMILES string of the molecule is CCN1C(=O)C(=O)N(CN(C)Cc2cnn(-c3ccccc3)c2)C1=O. The molecule has 25 heavy (non-hydrogen) atoms. The van der Waals surface area contributed by atoms with Gasteiger partial charge in [-0.3, -0.25) is 19.4 Å². The zero-order valence-electron chi connectivity index (χ0n) is 14.1. The second kappa shape index (κ2) is 6.86. The second-order valence-corrected chi connectivity index (χ2v) is 5.85. The molecule has 0 saturated carbocycles. The molecule has 0 N–H and O–H groups in total. The van der Waals surface area contributed by atoms with Crippen LogP contribution >= 0.6 is 0 Å². The first kappa shape index (κ1) is 16.8. The average molecular weight is 341 g/mol. The van der Waals surface area contributed by atoms with E-state index in [-0.39, 0.29) is 13.2 Å². The van der Waals surface area contributed by atoms with E-state index in [4.69, 9.17) is 0 Å². The van der Waals surface area contributed by atoms with E-state index in [0.717, 1.165) is 21.1 Å². The van der Waals surface area contributed by atoms with Crippen LogP contribution < -0.4 is 0 Å². The first-order valence-corrected chi connectivity index (χ1v) is 7.96. The van der Waals surface area contributed by atoms with E-state index in [9.17, 15) is 14.4 Å². The van der Waals surface area contributed by atoms with Gasteiger partial charge in [-0.25, -0.2) is 14.4 Å². The van der Waals surface area contributed by atoms with Crippen molar-refractivity contribution in [3.05, 3.63) is 48.3 Å². The summed E-state index contributed by atoms with van der Waals surface area (Å²) in [6.45, 7) is 2.39. The lowest BCUT2D eigenvalue weighted by molar-refractivity contribution is -0.143. The third-order valence-corrected chi connectivity index (χ3v) is 3.94. The lowest BCUT2D eigenvalue weighted by Crippen LogP contribution is -2.40. The van der Waals surface area contributed by atoms with E-state index >= 15 is 0 Å². The number of amides is 4. The summed E-state index contributed by atoms with van der Waals surface area (Å²) in [5, 5.41) is 4.32. The van der Waals surface area contributed by atoms with E-state index in [1.165, 1.54) is 0 Å². The molecule has 0 bridgehead atoms. The Morgan fingerprint density at radius 1 is 1.04 bits per heavy atom. The van der Waals surface area contributed by atoms with Gasteiger partial charge in [0.2, 0.25) is 0 Å². The predicted octanol–water partition coefficient (Wildman–Crippen LogP) is 1.07. The second-order valence-electron chi connectivity index (χ2n) is 5.85. The minimum absolute atomic E-state index is 0.0520. The monoisotopic (exact) mass is 341 g/mol. The van der Waals surface area contributed by atoms with Crippen molar-refractivity contribution in [1.29, 1.82) is 0 Å². The standard InChI is InChI=1S/C17H19N5O3/c1-3-20-15(23)16(24)21(17(20)25)12-19(2)10-13-9-18-22(11-13)14-7-5-4-6-8-14/h4-9,11H,3,10,12H2,1-2H3. The molecule has 8 heteroatoms. The van der Waals surface area contributed by atoms with Crippen molar-refractivity contribution >= 4 is 17.8 Å². The zero-order chi connectivity index (χ0) is 18.0. The molecule has 1 aliphatic heterocycles. The number of nitrogens with zero attached hydrogens (tertiary/aromatic N) is 5. The Morgan fingerprint density at radius 2 is 1.72 bits per heavy atom. The quantitative estimate of drug-likeness (QED) is 0.580. The van der Waals surface area contributed by atoms with Gasteiger partial charge in [0.05, 0.1) is 18.6 Å². The highest BCUT2D eigenvalue weighted by Crippen LogP contribution is 2.14. The minimum atomic E-state index is -0.779. The van der Waals surface area contributed by atoms with Gasteiger partial charge in [-0.1, -0.05) is 18.2 Å². The number of para-hydroxylation sites is 1. The van der Waals surface area contributed by atoms with E-state index < -0.39 is 17.8 Å². The van der Waals surface area contributed by atoms with Crippen molar-refractivity contribution in [2.45, 2.75) is 13.5 Å². The van der Waals surface area contributed by atoms with Crippen molar-refractivity contribution in [2.75, 3.05) is 20.3 Å². The zero-order valence-corrected chi connectivity index (χ0v) is 14.1. The maximum Gasteiger partial charge on any atom is 0.335 e. The van der Waals surface area contributed by atoms with Gasteiger partial charge in [-0.2, -0.15) is 5.10 Å². The molecule has 1 aromatic carbocycles. The van der Waals surface area contributed by atoms with E-state index in [2.05, 4.69) is 5.10 Å². The molecule has 1 aliphatic rings. The number of hydrogen-bond acceptors (Lipinski definition) is 5. The molecular weight excluding hydrogens is 322 g/mol. The number of likely N-dealkylation sites (N-methyl/N-ethyl adjacent to an activating group) is 1. The number of carbonyl (C=O) groups excluding carboxylic acids is 3. The van der Waals surface area contributed by atoms with E-state index in [1.807, 2.05) is 36.5 Å². The molecule has 2 heterocycles. The minimum Gasteiger partial charge on any atom is -0.284 e. The van der Waals surface area contributed by atoms with Crippen molar-refractivity contribution in [3.8, 4) is 5.69 Å². The van der Waals surface area contributed by atoms with Crippen LogP contribution in [0.25, 0.3) is 5.69 Å². The third kappa shape index (κ3) is 3.29. The highest BCUT2D eigenvalue weighted by molar-refractivity contribution is 6.44. The predicted molar refractivity (Wildman–Crippen MR) is 89.5 cm³/mol. The summed E-state index contributed by atoms with van der Waals surface area (Å²) in [4.78, 5) is 39.5. The molecule has 0 unspecified atom stereocenters. The Morgan fingerprint density at radius 3 is 2.36 bits per heavy atom. The summed E-state index contributed by atoms with van der Waals surface area (Å²) in [6, 6.07) is 9.14. The Kier molecular flexibility index (Phi) is 4.62. The number of hydrogen-bond donors (Lipinski definition) is 0. The molecule has 0 atom stereocenters. The fourth-order valence-electron chi connectivity index (χ4n) is 2.72. The van der Waals surface area contributed by atoms with Crippen LogP contribution in [0.3, 0.4) is 0 Å². The molecule has 1 fully saturated rings. The molecule has 1 aromatic heterocycles. The summed E-state index contributed by atoms with van der Waals surface area (Å²) < 4.78 is 1.76. The molecular formula is C17H19N5O3.